The quantitative estimate of drug-likeness (QED) is 0.866. The van der Waals surface area contributed by atoms with E-state index in [4.69, 9.17) is 5.73 Å². The van der Waals surface area contributed by atoms with Crippen molar-refractivity contribution in [1.82, 2.24) is 4.90 Å². The molecule has 4 nitrogen and oxygen atoms in total. The van der Waals surface area contributed by atoms with Gasteiger partial charge < -0.3 is 15.5 Å². The number of carbonyl (C=O) groups is 1. The molecule has 2 aromatic carbocycles. The second-order valence-corrected chi connectivity index (χ2v) is 5.69. The van der Waals surface area contributed by atoms with E-state index < -0.39 is 0 Å². The molecule has 1 heterocycles. The van der Waals surface area contributed by atoms with Crippen molar-refractivity contribution in [2.75, 3.05) is 36.8 Å². The zero-order chi connectivity index (χ0) is 15.5. The van der Waals surface area contributed by atoms with Crippen LogP contribution in [-0.4, -0.2) is 37.0 Å². The molecule has 1 aliphatic heterocycles. The van der Waals surface area contributed by atoms with Crippen LogP contribution in [0.2, 0.25) is 0 Å². The molecule has 4 heteroatoms. The molecule has 0 atom stereocenters. The average molecular weight is 295 g/mol. The summed E-state index contributed by atoms with van der Waals surface area (Å²) < 4.78 is 0. The van der Waals surface area contributed by atoms with E-state index >= 15 is 0 Å². The van der Waals surface area contributed by atoms with E-state index in [1.54, 1.807) is 12.1 Å². The number of nitrogens with two attached hydrogens (primary N) is 1. The van der Waals surface area contributed by atoms with E-state index in [0.717, 1.165) is 26.2 Å². The standard InChI is InChI=1S/C18H21N3O/c1-14-5-2-3-8-17(14)20-9-11-21(12-10-20)18(22)15-6-4-7-16(19)13-15/h2-8,13H,9-12,19H2,1H3. The third-order valence-corrected chi connectivity index (χ3v) is 4.16. The number of carbonyl (C=O) groups excluding carboxylic acids is 1. The van der Waals surface area contributed by atoms with E-state index in [0.29, 0.717) is 11.3 Å². The van der Waals surface area contributed by atoms with Gasteiger partial charge in [-0.05, 0) is 36.8 Å². The molecule has 0 radical (unpaired) electrons. The molecule has 2 N–H and O–H groups in total. The molecule has 3 rings (SSSR count). The molecule has 114 valence electrons. The zero-order valence-corrected chi connectivity index (χ0v) is 12.8. The highest BCUT2D eigenvalue weighted by Crippen LogP contribution is 2.21. The smallest absolute Gasteiger partial charge is 0.254 e. The second-order valence-electron chi connectivity index (χ2n) is 5.69. The second kappa shape index (κ2) is 6.10. The van der Waals surface area contributed by atoms with Crippen molar-refractivity contribution < 1.29 is 4.79 Å². The Balaban J connectivity index is 1.67. The van der Waals surface area contributed by atoms with E-state index in [1.165, 1.54) is 11.3 Å². The third kappa shape index (κ3) is 2.91. The van der Waals surface area contributed by atoms with Crippen molar-refractivity contribution in [3.63, 3.8) is 0 Å². The number of amides is 1. The molecule has 1 fully saturated rings. The highest BCUT2D eigenvalue weighted by Gasteiger charge is 2.22. The van der Waals surface area contributed by atoms with E-state index in [9.17, 15) is 4.79 Å². The maximum Gasteiger partial charge on any atom is 0.254 e. The maximum absolute atomic E-state index is 12.5. The monoisotopic (exact) mass is 295 g/mol. The van der Waals surface area contributed by atoms with Gasteiger partial charge in [0.25, 0.3) is 5.91 Å². The first-order valence-corrected chi connectivity index (χ1v) is 7.60. The van der Waals surface area contributed by atoms with Crippen molar-refractivity contribution >= 4 is 17.3 Å². The van der Waals surface area contributed by atoms with Crippen molar-refractivity contribution in [1.29, 1.82) is 0 Å². The number of anilines is 2. The van der Waals surface area contributed by atoms with Gasteiger partial charge in [0.2, 0.25) is 0 Å². The Bertz CT molecular complexity index is 676. The minimum atomic E-state index is 0.0664. The lowest BCUT2D eigenvalue weighted by Crippen LogP contribution is -2.49. The van der Waals surface area contributed by atoms with Gasteiger partial charge in [0.15, 0.2) is 0 Å². The highest BCUT2D eigenvalue weighted by molar-refractivity contribution is 5.95. The number of benzene rings is 2. The minimum Gasteiger partial charge on any atom is -0.399 e. The van der Waals surface area contributed by atoms with E-state index in [2.05, 4.69) is 36.1 Å². The fraction of sp³-hybridized carbons (Fsp3) is 0.278. The molecule has 0 spiro atoms. The van der Waals surface area contributed by atoms with Crippen molar-refractivity contribution in [2.24, 2.45) is 0 Å². The zero-order valence-electron chi connectivity index (χ0n) is 12.8. The van der Waals surface area contributed by atoms with Crippen molar-refractivity contribution in [2.45, 2.75) is 6.92 Å². The number of nitrogens with zero attached hydrogens (tertiary/aromatic N) is 2. The van der Waals surface area contributed by atoms with Crippen molar-refractivity contribution in [3.05, 3.63) is 59.7 Å². The maximum atomic E-state index is 12.5. The Labute approximate surface area is 131 Å². The Morgan fingerprint density at radius 3 is 2.41 bits per heavy atom. The number of rotatable bonds is 2. The average Bonchev–Trinajstić information content (AvgIpc) is 2.55. The highest BCUT2D eigenvalue weighted by atomic mass is 16.2. The first kappa shape index (κ1) is 14.4. The van der Waals surface area contributed by atoms with Crippen LogP contribution in [0.25, 0.3) is 0 Å². The lowest BCUT2D eigenvalue weighted by molar-refractivity contribution is 0.0747. The third-order valence-electron chi connectivity index (χ3n) is 4.16. The summed E-state index contributed by atoms with van der Waals surface area (Å²) in [5.74, 6) is 0.0664. The van der Waals surface area contributed by atoms with Gasteiger partial charge in [-0.1, -0.05) is 24.3 Å². The molecule has 0 bridgehead atoms. The number of hydrogen-bond donors (Lipinski definition) is 1. The van der Waals surface area contributed by atoms with E-state index in [-0.39, 0.29) is 5.91 Å². The summed E-state index contributed by atoms with van der Waals surface area (Å²) in [7, 11) is 0. The van der Waals surface area contributed by atoms with Gasteiger partial charge in [-0.2, -0.15) is 0 Å². The molecule has 1 saturated heterocycles. The summed E-state index contributed by atoms with van der Waals surface area (Å²) in [5, 5.41) is 0. The van der Waals surface area contributed by atoms with Crippen LogP contribution in [0.3, 0.4) is 0 Å². The van der Waals surface area contributed by atoms with Crippen molar-refractivity contribution in [3.8, 4) is 0 Å². The summed E-state index contributed by atoms with van der Waals surface area (Å²) in [6.07, 6.45) is 0. The molecule has 1 aliphatic rings. The van der Waals surface area contributed by atoms with Crippen LogP contribution in [0.15, 0.2) is 48.5 Å². The lowest BCUT2D eigenvalue weighted by atomic mass is 10.1. The number of nitrogen functional groups attached to an aromatic ring is 1. The van der Waals surface area contributed by atoms with Crippen LogP contribution in [0.1, 0.15) is 15.9 Å². The fourth-order valence-corrected chi connectivity index (χ4v) is 2.92. The predicted octanol–water partition coefficient (Wildman–Crippen LogP) is 2.54. The first-order chi connectivity index (χ1) is 10.6. The lowest BCUT2D eigenvalue weighted by Gasteiger charge is -2.36. The number of para-hydroxylation sites is 1. The first-order valence-electron chi connectivity index (χ1n) is 7.60. The topological polar surface area (TPSA) is 49.6 Å². The van der Waals surface area contributed by atoms with Gasteiger partial charge in [-0.3, -0.25) is 4.79 Å². The summed E-state index contributed by atoms with van der Waals surface area (Å²) in [6, 6.07) is 15.6. The Morgan fingerprint density at radius 1 is 1.00 bits per heavy atom. The van der Waals surface area contributed by atoms with Crippen LogP contribution in [0.5, 0.6) is 0 Å². The van der Waals surface area contributed by atoms with Gasteiger partial charge in [-0.15, -0.1) is 0 Å². The molecular formula is C18H21N3O. The van der Waals surface area contributed by atoms with Gasteiger partial charge in [-0.25, -0.2) is 0 Å². The Kier molecular flexibility index (Phi) is 4.00. The Hall–Kier alpha value is -2.49. The molecule has 0 aromatic heterocycles. The van der Waals surface area contributed by atoms with Gasteiger partial charge in [0.05, 0.1) is 0 Å². The number of aryl methyl sites for hydroxylation is 1. The predicted molar refractivity (Wildman–Crippen MR) is 90.1 cm³/mol. The van der Waals surface area contributed by atoms with Crippen LogP contribution < -0.4 is 10.6 Å². The minimum absolute atomic E-state index is 0.0664. The van der Waals surface area contributed by atoms with Crippen LogP contribution in [0.4, 0.5) is 11.4 Å². The molecule has 0 unspecified atom stereocenters. The Morgan fingerprint density at radius 2 is 1.73 bits per heavy atom. The number of piperazine rings is 1. The molecule has 0 aliphatic carbocycles. The molecule has 0 saturated carbocycles. The van der Waals surface area contributed by atoms with Crippen LogP contribution in [-0.2, 0) is 0 Å². The molecule has 1 amide bonds. The summed E-state index contributed by atoms with van der Waals surface area (Å²) in [5.41, 5.74) is 9.60. The molecular weight excluding hydrogens is 274 g/mol. The summed E-state index contributed by atoms with van der Waals surface area (Å²) in [6.45, 7) is 5.32. The number of hydrogen-bond acceptors (Lipinski definition) is 3. The van der Waals surface area contributed by atoms with E-state index in [1.807, 2.05) is 17.0 Å². The molecule has 2 aromatic rings. The van der Waals surface area contributed by atoms with Crippen LogP contribution >= 0.6 is 0 Å². The normalized spacial score (nSPS) is 15.0. The van der Waals surface area contributed by atoms with Crippen LogP contribution in [0, 0.1) is 6.92 Å². The van der Waals surface area contributed by atoms with Gasteiger partial charge >= 0.3 is 0 Å². The summed E-state index contributed by atoms with van der Waals surface area (Å²) in [4.78, 5) is 16.8. The largest absolute Gasteiger partial charge is 0.399 e. The fourth-order valence-electron chi connectivity index (χ4n) is 2.92. The van der Waals surface area contributed by atoms with Gasteiger partial charge in [0.1, 0.15) is 0 Å². The van der Waals surface area contributed by atoms with Gasteiger partial charge in [0, 0.05) is 43.1 Å². The SMILES string of the molecule is Cc1ccccc1N1CCN(C(=O)c2cccc(N)c2)CC1. The summed E-state index contributed by atoms with van der Waals surface area (Å²) >= 11 is 0. The molecule has 22 heavy (non-hydrogen) atoms.